The van der Waals surface area contributed by atoms with E-state index in [1.165, 1.54) is 17.4 Å². The van der Waals surface area contributed by atoms with Crippen molar-refractivity contribution in [1.29, 1.82) is 0 Å². The zero-order valence-corrected chi connectivity index (χ0v) is 11.6. The summed E-state index contributed by atoms with van der Waals surface area (Å²) in [5.41, 5.74) is 0.0289. The molecule has 0 aliphatic heterocycles. The molecule has 0 aromatic carbocycles. The first-order valence-corrected chi connectivity index (χ1v) is 7.20. The van der Waals surface area contributed by atoms with Crippen LogP contribution in [0.15, 0.2) is 6.07 Å². The normalized spacial score (nSPS) is 17.0. The predicted octanol–water partition coefficient (Wildman–Crippen LogP) is 2.06. The van der Waals surface area contributed by atoms with E-state index in [4.69, 9.17) is 5.11 Å². The third kappa shape index (κ3) is 2.88. The Morgan fingerprint density at radius 2 is 2.32 bits per heavy atom. The molecule has 1 fully saturated rings. The van der Waals surface area contributed by atoms with Gasteiger partial charge in [0.15, 0.2) is 5.00 Å². The van der Waals surface area contributed by atoms with Crippen LogP contribution < -0.4 is 4.90 Å². The van der Waals surface area contributed by atoms with Crippen molar-refractivity contribution in [2.45, 2.75) is 38.3 Å². The summed E-state index contributed by atoms with van der Waals surface area (Å²) in [5.74, 6) is 0. The zero-order valence-electron chi connectivity index (χ0n) is 10.8. The Bertz CT molecular complexity index is 457. The first-order valence-electron chi connectivity index (χ1n) is 6.38. The van der Waals surface area contributed by atoms with Gasteiger partial charge in [0.25, 0.3) is 0 Å². The van der Waals surface area contributed by atoms with E-state index in [1.807, 2.05) is 4.90 Å². The molecule has 1 aliphatic carbocycles. The number of aliphatic hydroxyl groups excluding tert-OH is 2. The SMILES string of the molecule is CC(O)c1cc([N+](=O)[O-])c(N(CCO)C2CCC2)s1. The van der Waals surface area contributed by atoms with Gasteiger partial charge in [-0.25, -0.2) is 0 Å². The van der Waals surface area contributed by atoms with Gasteiger partial charge in [-0.05, 0) is 26.2 Å². The van der Waals surface area contributed by atoms with Crippen molar-refractivity contribution >= 4 is 22.0 Å². The van der Waals surface area contributed by atoms with Crippen molar-refractivity contribution in [3.05, 3.63) is 21.1 Å². The molecule has 106 valence electrons. The second-order valence-corrected chi connectivity index (χ2v) is 5.84. The maximum Gasteiger partial charge on any atom is 0.304 e. The van der Waals surface area contributed by atoms with Gasteiger partial charge in [0.2, 0.25) is 0 Å². The Morgan fingerprint density at radius 3 is 2.74 bits per heavy atom. The second kappa shape index (κ2) is 5.85. The maximum absolute atomic E-state index is 11.1. The summed E-state index contributed by atoms with van der Waals surface area (Å²) in [4.78, 5) is 13.2. The van der Waals surface area contributed by atoms with E-state index >= 15 is 0 Å². The van der Waals surface area contributed by atoms with E-state index in [0.29, 0.717) is 16.4 Å². The third-order valence-corrected chi connectivity index (χ3v) is 4.77. The summed E-state index contributed by atoms with van der Waals surface area (Å²) >= 11 is 1.24. The van der Waals surface area contributed by atoms with Gasteiger partial charge in [-0.3, -0.25) is 10.1 Å². The van der Waals surface area contributed by atoms with Crippen LogP contribution >= 0.6 is 11.3 Å². The van der Waals surface area contributed by atoms with Gasteiger partial charge in [0.1, 0.15) is 0 Å². The first-order chi connectivity index (χ1) is 9.04. The molecular formula is C12H18N2O4S. The standard InChI is InChI=1S/C12H18N2O4S/c1-8(16)11-7-10(14(17)18)12(19-11)13(5-6-15)9-3-2-4-9/h7-9,15-16H,2-6H2,1H3. The number of rotatable bonds is 6. The highest BCUT2D eigenvalue weighted by atomic mass is 32.1. The highest BCUT2D eigenvalue weighted by Gasteiger charge is 2.32. The quantitative estimate of drug-likeness (QED) is 0.617. The molecule has 0 saturated heterocycles. The van der Waals surface area contributed by atoms with Crippen LogP contribution in [0.2, 0.25) is 0 Å². The van der Waals surface area contributed by atoms with Crippen LogP contribution in [-0.4, -0.2) is 34.3 Å². The van der Waals surface area contributed by atoms with Crippen molar-refractivity contribution in [3.8, 4) is 0 Å². The van der Waals surface area contributed by atoms with Gasteiger partial charge in [-0.15, -0.1) is 11.3 Å². The first kappa shape index (κ1) is 14.2. The number of hydrogen-bond acceptors (Lipinski definition) is 6. The van der Waals surface area contributed by atoms with Crippen LogP contribution in [0.25, 0.3) is 0 Å². The Kier molecular flexibility index (Phi) is 4.38. The Morgan fingerprint density at radius 1 is 1.63 bits per heavy atom. The van der Waals surface area contributed by atoms with Gasteiger partial charge in [0.05, 0.1) is 17.6 Å². The highest BCUT2D eigenvalue weighted by molar-refractivity contribution is 7.16. The molecule has 1 unspecified atom stereocenters. The summed E-state index contributed by atoms with van der Waals surface area (Å²) < 4.78 is 0. The molecule has 1 aromatic heterocycles. The van der Waals surface area contributed by atoms with Crippen molar-refractivity contribution in [2.24, 2.45) is 0 Å². The average molecular weight is 286 g/mol. The van der Waals surface area contributed by atoms with Crippen LogP contribution in [0.3, 0.4) is 0 Å². The largest absolute Gasteiger partial charge is 0.395 e. The van der Waals surface area contributed by atoms with Crippen LogP contribution in [0, 0.1) is 10.1 Å². The number of aliphatic hydroxyl groups is 2. The molecule has 1 aliphatic rings. The average Bonchev–Trinajstić information content (AvgIpc) is 2.70. The summed E-state index contributed by atoms with van der Waals surface area (Å²) in [5, 5.41) is 30.4. The van der Waals surface area contributed by atoms with E-state index in [9.17, 15) is 15.2 Å². The number of thiophene rings is 1. The van der Waals surface area contributed by atoms with Crippen LogP contribution in [-0.2, 0) is 0 Å². The molecule has 1 saturated carbocycles. The summed E-state index contributed by atoms with van der Waals surface area (Å²) in [6.45, 7) is 1.96. The predicted molar refractivity (Wildman–Crippen MR) is 73.7 cm³/mol. The fourth-order valence-corrected chi connectivity index (χ4v) is 3.35. The van der Waals surface area contributed by atoms with Gasteiger partial charge in [-0.1, -0.05) is 0 Å². The smallest absolute Gasteiger partial charge is 0.304 e. The molecule has 2 rings (SSSR count). The van der Waals surface area contributed by atoms with Crippen molar-refractivity contribution in [1.82, 2.24) is 0 Å². The molecule has 1 aromatic rings. The molecule has 0 spiro atoms. The third-order valence-electron chi connectivity index (χ3n) is 3.44. The van der Waals surface area contributed by atoms with E-state index < -0.39 is 11.0 Å². The minimum absolute atomic E-state index is 0.0289. The Labute approximate surface area is 115 Å². The topological polar surface area (TPSA) is 86.8 Å². The van der Waals surface area contributed by atoms with Gasteiger partial charge >= 0.3 is 5.69 Å². The number of anilines is 1. The second-order valence-electron chi connectivity index (χ2n) is 4.77. The van der Waals surface area contributed by atoms with E-state index in [1.54, 1.807) is 6.92 Å². The molecular weight excluding hydrogens is 268 g/mol. The van der Waals surface area contributed by atoms with Gasteiger partial charge in [0, 0.05) is 23.5 Å². The van der Waals surface area contributed by atoms with Crippen molar-refractivity contribution in [3.63, 3.8) is 0 Å². The summed E-state index contributed by atoms with van der Waals surface area (Å²) in [6, 6.07) is 1.71. The summed E-state index contributed by atoms with van der Waals surface area (Å²) in [7, 11) is 0. The molecule has 0 radical (unpaired) electrons. The van der Waals surface area contributed by atoms with Crippen LogP contribution in [0.5, 0.6) is 0 Å². The summed E-state index contributed by atoms with van der Waals surface area (Å²) in [6.07, 6.45) is 2.41. The lowest BCUT2D eigenvalue weighted by atomic mass is 9.91. The zero-order chi connectivity index (χ0) is 14.0. The van der Waals surface area contributed by atoms with Crippen molar-refractivity contribution < 1.29 is 15.1 Å². The maximum atomic E-state index is 11.1. The fourth-order valence-electron chi connectivity index (χ4n) is 2.19. The van der Waals surface area contributed by atoms with Gasteiger partial charge < -0.3 is 15.1 Å². The molecule has 7 heteroatoms. The highest BCUT2D eigenvalue weighted by Crippen LogP contribution is 2.43. The Hall–Kier alpha value is -1.18. The lowest BCUT2D eigenvalue weighted by Gasteiger charge is -2.37. The number of nitro groups is 1. The molecule has 0 amide bonds. The molecule has 6 nitrogen and oxygen atoms in total. The Balaban J connectivity index is 2.35. The van der Waals surface area contributed by atoms with E-state index in [-0.39, 0.29) is 18.3 Å². The molecule has 0 bridgehead atoms. The van der Waals surface area contributed by atoms with E-state index in [2.05, 4.69) is 0 Å². The lowest BCUT2D eigenvalue weighted by molar-refractivity contribution is -0.383. The van der Waals surface area contributed by atoms with Crippen LogP contribution in [0.1, 0.15) is 37.2 Å². The van der Waals surface area contributed by atoms with E-state index in [0.717, 1.165) is 19.3 Å². The molecule has 1 heterocycles. The number of nitrogens with zero attached hydrogens (tertiary/aromatic N) is 2. The van der Waals surface area contributed by atoms with Crippen molar-refractivity contribution in [2.75, 3.05) is 18.1 Å². The minimum atomic E-state index is -0.713. The molecule has 2 N–H and O–H groups in total. The minimum Gasteiger partial charge on any atom is -0.395 e. The van der Waals surface area contributed by atoms with Crippen LogP contribution in [0.4, 0.5) is 10.7 Å². The monoisotopic (exact) mass is 286 g/mol. The molecule has 1 atom stereocenters. The lowest BCUT2D eigenvalue weighted by Crippen LogP contribution is -2.41. The number of hydrogen-bond donors (Lipinski definition) is 2. The van der Waals surface area contributed by atoms with Gasteiger partial charge in [-0.2, -0.15) is 0 Å². The molecule has 19 heavy (non-hydrogen) atoms. The fraction of sp³-hybridized carbons (Fsp3) is 0.667.